The summed E-state index contributed by atoms with van der Waals surface area (Å²) in [7, 11) is 0. The number of rotatable bonds is 2. The van der Waals surface area contributed by atoms with Crippen LogP contribution in [0.2, 0.25) is 10.0 Å². The predicted molar refractivity (Wildman–Crippen MR) is 127 cm³/mol. The first-order valence-corrected chi connectivity index (χ1v) is 9.93. The highest BCUT2D eigenvalue weighted by molar-refractivity contribution is 6.31. The van der Waals surface area contributed by atoms with Crippen LogP contribution in [-0.4, -0.2) is 5.48 Å². The van der Waals surface area contributed by atoms with Gasteiger partial charge in [0.2, 0.25) is 0 Å². The van der Waals surface area contributed by atoms with Crippen LogP contribution in [0, 0.1) is 13.8 Å². The van der Waals surface area contributed by atoms with Gasteiger partial charge in [0.25, 0.3) is 0 Å². The van der Waals surface area contributed by atoms with Crippen LogP contribution in [0.3, 0.4) is 0 Å². The zero-order chi connectivity index (χ0) is 19.9. The van der Waals surface area contributed by atoms with Crippen molar-refractivity contribution in [2.45, 2.75) is 13.8 Å². The van der Waals surface area contributed by atoms with E-state index in [1.807, 2.05) is 60.7 Å². The molecule has 0 aliphatic rings. The highest BCUT2D eigenvalue weighted by Gasteiger charge is 2.01. The van der Waals surface area contributed by atoms with Gasteiger partial charge in [0.05, 0.1) is 0 Å². The van der Waals surface area contributed by atoms with Crippen LogP contribution in [-0.2, 0) is 0 Å². The van der Waals surface area contributed by atoms with Gasteiger partial charge in [-0.1, -0.05) is 96.0 Å². The van der Waals surface area contributed by atoms with E-state index in [1.54, 1.807) is 0 Å². The third kappa shape index (κ3) is 6.20. The second-order valence-corrected chi connectivity index (χ2v) is 7.52. The molecule has 0 aromatic heterocycles. The Morgan fingerprint density at radius 2 is 0.828 bits per heavy atom. The average Bonchev–Trinajstić information content (AvgIpc) is 2.70. The van der Waals surface area contributed by atoms with Gasteiger partial charge >= 0.3 is 0 Å². The summed E-state index contributed by atoms with van der Waals surface area (Å²) in [5.74, 6) is 0. The molecular formula is C26H24Cl2O. The van der Waals surface area contributed by atoms with Crippen LogP contribution in [0.4, 0.5) is 0 Å². The van der Waals surface area contributed by atoms with Crippen molar-refractivity contribution >= 4 is 23.2 Å². The van der Waals surface area contributed by atoms with Gasteiger partial charge in [-0.15, -0.1) is 0 Å². The smallest absolute Gasteiger partial charge is 0.0409 e. The lowest BCUT2D eigenvalue weighted by atomic mass is 10.0. The highest BCUT2D eigenvalue weighted by atomic mass is 35.5. The van der Waals surface area contributed by atoms with Gasteiger partial charge in [-0.25, -0.2) is 0 Å². The molecule has 0 aliphatic carbocycles. The summed E-state index contributed by atoms with van der Waals surface area (Å²) in [6, 6.07) is 32.6. The molecule has 0 saturated heterocycles. The molecule has 4 aromatic rings. The average molecular weight is 423 g/mol. The van der Waals surface area contributed by atoms with Crippen molar-refractivity contribution in [3.63, 3.8) is 0 Å². The van der Waals surface area contributed by atoms with Gasteiger partial charge < -0.3 is 5.48 Å². The molecule has 0 spiro atoms. The molecule has 4 aromatic carbocycles. The van der Waals surface area contributed by atoms with E-state index < -0.39 is 0 Å². The minimum Gasteiger partial charge on any atom is -0.412 e. The summed E-state index contributed by atoms with van der Waals surface area (Å²) in [5, 5.41) is 1.59. The van der Waals surface area contributed by atoms with Crippen molar-refractivity contribution in [1.29, 1.82) is 0 Å². The third-order valence-corrected chi connectivity index (χ3v) is 5.02. The standard InChI is InChI=1S/2C13H11Cl.H2O/c2*1-10-9-12(14)7-8-13(10)11-5-3-2-4-6-11;/h2*2-9H,1H3;1H2. The third-order valence-electron chi connectivity index (χ3n) is 4.55. The SMILES string of the molecule is Cc1cc(Cl)ccc1-c1ccccc1.Cc1cc(Cl)ccc1-c1ccccc1.O. The molecule has 0 heterocycles. The van der Waals surface area contributed by atoms with E-state index >= 15 is 0 Å². The van der Waals surface area contributed by atoms with E-state index in [9.17, 15) is 0 Å². The summed E-state index contributed by atoms with van der Waals surface area (Å²) in [6.45, 7) is 4.16. The Bertz CT molecular complexity index is 958. The Hall–Kier alpha value is -2.58. The molecular weight excluding hydrogens is 399 g/mol. The van der Waals surface area contributed by atoms with E-state index in [0.29, 0.717) is 0 Å². The van der Waals surface area contributed by atoms with Crippen LogP contribution in [0.15, 0.2) is 97.1 Å². The first-order chi connectivity index (χ1) is 13.5. The lowest BCUT2D eigenvalue weighted by molar-refractivity contribution is 0.824. The number of hydrogen-bond donors (Lipinski definition) is 0. The van der Waals surface area contributed by atoms with E-state index in [2.05, 4.69) is 50.2 Å². The van der Waals surface area contributed by atoms with Crippen molar-refractivity contribution in [2.75, 3.05) is 0 Å². The highest BCUT2D eigenvalue weighted by Crippen LogP contribution is 2.26. The molecule has 3 heteroatoms. The first-order valence-electron chi connectivity index (χ1n) is 9.18. The van der Waals surface area contributed by atoms with Crippen LogP contribution >= 0.6 is 23.2 Å². The van der Waals surface area contributed by atoms with Gasteiger partial charge in [-0.05, 0) is 71.5 Å². The van der Waals surface area contributed by atoms with Crippen molar-refractivity contribution in [3.05, 3.63) is 118 Å². The van der Waals surface area contributed by atoms with Gasteiger partial charge in [-0.2, -0.15) is 0 Å². The summed E-state index contributed by atoms with van der Waals surface area (Å²) in [6.07, 6.45) is 0. The Morgan fingerprint density at radius 1 is 0.483 bits per heavy atom. The maximum absolute atomic E-state index is 5.90. The zero-order valence-electron chi connectivity index (χ0n) is 16.5. The normalized spacial score (nSPS) is 9.79. The number of hydrogen-bond acceptors (Lipinski definition) is 0. The predicted octanol–water partition coefficient (Wildman–Crippen LogP) is 7.81. The van der Waals surface area contributed by atoms with Crippen molar-refractivity contribution in [1.82, 2.24) is 0 Å². The fourth-order valence-corrected chi connectivity index (χ4v) is 3.59. The maximum atomic E-state index is 5.90. The van der Waals surface area contributed by atoms with Gasteiger partial charge in [-0.3, -0.25) is 0 Å². The zero-order valence-corrected chi connectivity index (χ0v) is 18.0. The molecule has 0 atom stereocenters. The fourth-order valence-electron chi connectivity index (χ4n) is 3.14. The number of aryl methyl sites for hydroxylation is 2. The molecule has 0 amide bonds. The largest absolute Gasteiger partial charge is 0.412 e. The Balaban J connectivity index is 0.000000200. The second-order valence-electron chi connectivity index (χ2n) is 6.65. The molecule has 0 aliphatic heterocycles. The minimum absolute atomic E-state index is 0. The van der Waals surface area contributed by atoms with Gasteiger partial charge in [0.15, 0.2) is 0 Å². The molecule has 0 fully saturated rings. The van der Waals surface area contributed by atoms with Crippen LogP contribution < -0.4 is 0 Å². The van der Waals surface area contributed by atoms with E-state index in [0.717, 1.165) is 10.0 Å². The van der Waals surface area contributed by atoms with Crippen LogP contribution in [0.5, 0.6) is 0 Å². The monoisotopic (exact) mass is 422 g/mol. The molecule has 29 heavy (non-hydrogen) atoms. The Labute approximate surface area is 182 Å². The minimum atomic E-state index is 0. The second kappa shape index (κ2) is 10.8. The van der Waals surface area contributed by atoms with Crippen molar-refractivity contribution in [2.24, 2.45) is 0 Å². The molecule has 0 bridgehead atoms. The Kier molecular flexibility index (Phi) is 8.48. The van der Waals surface area contributed by atoms with Crippen LogP contribution in [0.25, 0.3) is 22.3 Å². The molecule has 4 rings (SSSR count). The van der Waals surface area contributed by atoms with Crippen molar-refractivity contribution < 1.29 is 5.48 Å². The van der Waals surface area contributed by atoms with E-state index in [1.165, 1.54) is 33.4 Å². The van der Waals surface area contributed by atoms with Crippen molar-refractivity contribution in [3.8, 4) is 22.3 Å². The van der Waals surface area contributed by atoms with Gasteiger partial charge in [0.1, 0.15) is 0 Å². The topological polar surface area (TPSA) is 31.5 Å². The maximum Gasteiger partial charge on any atom is 0.0409 e. The summed E-state index contributed by atoms with van der Waals surface area (Å²) < 4.78 is 0. The molecule has 2 N–H and O–H groups in total. The molecule has 0 radical (unpaired) electrons. The first kappa shape index (κ1) is 22.7. The van der Waals surface area contributed by atoms with E-state index in [-0.39, 0.29) is 5.48 Å². The summed E-state index contributed by atoms with van der Waals surface area (Å²) in [4.78, 5) is 0. The number of halogens is 2. The molecule has 1 nitrogen and oxygen atoms in total. The molecule has 0 saturated carbocycles. The number of benzene rings is 4. The molecule has 0 unspecified atom stereocenters. The quantitative estimate of drug-likeness (QED) is 0.315. The van der Waals surface area contributed by atoms with Crippen LogP contribution in [0.1, 0.15) is 11.1 Å². The van der Waals surface area contributed by atoms with E-state index in [4.69, 9.17) is 23.2 Å². The summed E-state index contributed by atoms with van der Waals surface area (Å²) in [5.41, 5.74) is 7.39. The fraction of sp³-hybridized carbons (Fsp3) is 0.0769. The summed E-state index contributed by atoms with van der Waals surface area (Å²) >= 11 is 11.8. The Morgan fingerprint density at radius 3 is 1.14 bits per heavy atom. The lowest BCUT2D eigenvalue weighted by Gasteiger charge is -2.05. The van der Waals surface area contributed by atoms with Gasteiger partial charge in [0, 0.05) is 10.0 Å². The lowest BCUT2D eigenvalue weighted by Crippen LogP contribution is -1.82. The molecule has 148 valence electrons.